The molecular weight excluding hydrogens is 438 g/mol. The summed E-state index contributed by atoms with van der Waals surface area (Å²) in [6, 6.07) is 2.13. The largest absolute Gasteiger partial charge is 0.488 e. The minimum atomic E-state index is -3.15. The molecule has 1 saturated heterocycles. The molecule has 0 aliphatic carbocycles. The summed E-state index contributed by atoms with van der Waals surface area (Å²) < 4.78 is 31.3. The zero-order chi connectivity index (χ0) is 23.0. The number of piperidine rings is 1. The van der Waals surface area contributed by atoms with Crippen molar-refractivity contribution in [3.8, 4) is 5.75 Å². The molecule has 1 fully saturated rings. The molecule has 0 radical (unpaired) electrons. The second-order valence-electron chi connectivity index (χ2n) is 9.21. The maximum atomic E-state index is 11.8. The van der Waals surface area contributed by atoms with Gasteiger partial charge in [-0.1, -0.05) is 13.0 Å². The molecule has 5 heterocycles. The maximum Gasteiger partial charge on any atom is 0.225 e. The number of rotatable bonds is 5. The predicted molar refractivity (Wildman–Crippen MR) is 128 cm³/mol. The van der Waals surface area contributed by atoms with Crippen LogP contribution in [-0.4, -0.2) is 66.2 Å². The number of anilines is 1. The summed E-state index contributed by atoms with van der Waals surface area (Å²) in [5.41, 5.74) is 4.42. The highest BCUT2D eigenvalue weighted by Crippen LogP contribution is 2.37. The zero-order valence-corrected chi connectivity index (χ0v) is 20.1. The van der Waals surface area contributed by atoms with Gasteiger partial charge in [-0.25, -0.2) is 18.4 Å². The monoisotopic (exact) mass is 469 g/mol. The number of hydrogen-bond acceptors (Lipinski definition) is 7. The van der Waals surface area contributed by atoms with Crippen LogP contribution in [0.3, 0.4) is 0 Å². The SMILES string of the molecule is CCc1cnc(N2CCC(C3Cc4cc(C5=CCN(S(C)(=O)=O)CC5)ncc4O3)CC2)nc1. The number of aryl methyl sites for hydroxylation is 1. The molecule has 33 heavy (non-hydrogen) atoms. The van der Waals surface area contributed by atoms with E-state index in [0.29, 0.717) is 25.4 Å². The summed E-state index contributed by atoms with van der Waals surface area (Å²) in [7, 11) is -3.15. The van der Waals surface area contributed by atoms with Crippen molar-refractivity contribution in [3.63, 3.8) is 0 Å². The second-order valence-corrected chi connectivity index (χ2v) is 11.2. The van der Waals surface area contributed by atoms with E-state index in [1.54, 1.807) is 0 Å². The van der Waals surface area contributed by atoms with Crippen LogP contribution in [0.5, 0.6) is 5.75 Å². The van der Waals surface area contributed by atoms with Gasteiger partial charge in [0.1, 0.15) is 11.9 Å². The first-order valence-corrected chi connectivity index (χ1v) is 13.6. The molecule has 0 amide bonds. The van der Waals surface area contributed by atoms with Gasteiger partial charge >= 0.3 is 0 Å². The van der Waals surface area contributed by atoms with E-state index in [-0.39, 0.29) is 6.10 Å². The summed E-state index contributed by atoms with van der Waals surface area (Å²) in [6.45, 7) is 4.92. The van der Waals surface area contributed by atoms with Gasteiger partial charge in [0, 0.05) is 50.6 Å². The molecule has 5 rings (SSSR count). The lowest BCUT2D eigenvalue weighted by atomic mass is 9.89. The van der Waals surface area contributed by atoms with E-state index in [4.69, 9.17) is 4.74 Å². The van der Waals surface area contributed by atoms with Crippen LogP contribution >= 0.6 is 0 Å². The summed E-state index contributed by atoms with van der Waals surface area (Å²) >= 11 is 0. The molecule has 176 valence electrons. The van der Waals surface area contributed by atoms with Gasteiger partial charge in [-0.05, 0) is 48.8 Å². The van der Waals surface area contributed by atoms with E-state index in [2.05, 4.69) is 32.8 Å². The fourth-order valence-corrected chi connectivity index (χ4v) is 5.73. The number of hydrogen-bond donors (Lipinski definition) is 0. The Balaban J connectivity index is 1.19. The van der Waals surface area contributed by atoms with E-state index in [1.165, 1.54) is 16.1 Å². The number of sulfonamides is 1. The van der Waals surface area contributed by atoms with Gasteiger partial charge in [-0.2, -0.15) is 4.31 Å². The molecule has 9 heteroatoms. The number of ether oxygens (including phenoxy) is 1. The number of fused-ring (bicyclic) bond motifs is 1. The highest BCUT2D eigenvalue weighted by atomic mass is 32.2. The van der Waals surface area contributed by atoms with Crippen molar-refractivity contribution in [1.82, 2.24) is 19.3 Å². The van der Waals surface area contributed by atoms with Crippen LogP contribution in [0, 0.1) is 5.92 Å². The number of aromatic nitrogens is 3. The third-order valence-electron chi connectivity index (χ3n) is 7.07. The molecule has 2 aromatic heterocycles. The van der Waals surface area contributed by atoms with Crippen molar-refractivity contribution < 1.29 is 13.2 Å². The van der Waals surface area contributed by atoms with E-state index in [0.717, 1.165) is 67.3 Å². The van der Waals surface area contributed by atoms with Crippen molar-refractivity contribution in [3.05, 3.63) is 47.6 Å². The van der Waals surface area contributed by atoms with Crippen LogP contribution in [0.4, 0.5) is 5.95 Å². The molecule has 3 aliphatic rings. The average Bonchev–Trinajstić information content (AvgIpc) is 3.27. The lowest BCUT2D eigenvalue weighted by Crippen LogP contribution is -2.40. The van der Waals surface area contributed by atoms with Crippen LogP contribution in [0.25, 0.3) is 5.57 Å². The molecule has 8 nitrogen and oxygen atoms in total. The van der Waals surface area contributed by atoms with Crippen LogP contribution in [0.1, 0.15) is 43.0 Å². The van der Waals surface area contributed by atoms with Gasteiger partial charge in [0.25, 0.3) is 0 Å². The van der Waals surface area contributed by atoms with Gasteiger partial charge in [0.05, 0.1) is 18.1 Å². The van der Waals surface area contributed by atoms with E-state index < -0.39 is 10.0 Å². The van der Waals surface area contributed by atoms with Crippen molar-refractivity contribution in [2.45, 2.75) is 45.1 Å². The van der Waals surface area contributed by atoms with Gasteiger partial charge in [0.15, 0.2) is 0 Å². The number of nitrogens with zero attached hydrogens (tertiary/aromatic N) is 5. The Morgan fingerprint density at radius 3 is 2.48 bits per heavy atom. The van der Waals surface area contributed by atoms with Crippen molar-refractivity contribution in [2.24, 2.45) is 5.92 Å². The Morgan fingerprint density at radius 2 is 1.85 bits per heavy atom. The summed E-state index contributed by atoms with van der Waals surface area (Å²) in [5.74, 6) is 2.22. The van der Waals surface area contributed by atoms with Gasteiger partial charge in [-0.3, -0.25) is 4.98 Å². The molecule has 1 unspecified atom stereocenters. The molecular formula is C24H31N5O3S. The minimum absolute atomic E-state index is 0.184. The second kappa shape index (κ2) is 9.02. The topological polar surface area (TPSA) is 88.5 Å². The first-order valence-electron chi connectivity index (χ1n) is 11.8. The Labute approximate surface area is 195 Å². The van der Waals surface area contributed by atoms with Gasteiger partial charge in [-0.15, -0.1) is 0 Å². The molecule has 0 saturated carbocycles. The third kappa shape index (κ3) is 4.75. The quantitative estimate of drug-likeness (QED) is 0.665. The molecule has 0 N–H and O–H groups in total. The normalized spacial score (nSPS) is 22.1. The van der Waals surface area contributed by atoms with Gasteiger partial charge in [0.2, 0.25) is 16.0 Å². The molecule has 0 aromatic carbocycles. The Hall–Kier alpha value is -2.52. The molecule has 0 spiro atoms. The lowest BCUT2D eigenvalue weighted by molar-refractivity contribution is 0.138. The van der Waals surface area contributed by atoms with E-state index in [9.17, 15) is 8.42 Å². The fourth-order valence-electron chi connectivity index (χ4n) is 4.96. The van der Waals surface area contributed by atoms with Crippen molar-refractivity contribution in [1.29, 1.82) is 0 Å². The van der Waals surface area contributed by atoms with E-state index in [1.807, 2.05) is 24.7 Å². The number of pyridine rings is 1. The van der Waals surface area contributed by atoms with E-state index >= 15 is 0 Å². The summed E-state index contributed by atoms with van der Waals surface area (Å²) in [6.07, 6.45) is 13.8. The highest BCUT2D eigenvalue weighted by Gasteiger charge is 2.34. The fraction of sp³-hybridized carbons (Fsp3) is 0.542. The zero-order valence-electron chi connectivity index (χ0n) is 19.3. The Morgan fingerprint density at radius 1 is 1.09 bits per heavy atom. The van der Waals surface area contributed by atoms with Crippen LogP contribution in [-0.2, 0) is 22.9 Å². The van der Waals surface area contributed by atoms with Crippen molar-refractivity contribution in [2.75, 3.05) is 37.3 Å². The Bertz CT molecular complexity index is 1140. The Kier molecular flexibility index (Phi) is 6.09. The lowest BCUT2D eigenvalue weighted by Gasteiger charge is -2.34. The third-order valence-corrected chi connectivity index (χ3v) is 8.34. The average molecular weight is 470 g/mol. The molecule has 3 aliphatic heterocycles. The molecule has 1 atom stereocenters. The smallest absolute Gasteiger partial charge is 0.225 e. The summed E-state index contributed by atoms with van der Waals surface area (Å²) in [5, 5.41) is 0. The van der Waals surface area contributed by atoms with Crippen LogP contribution in [0.2, 0.25) is 0 Å². The maximum absolute atomic E-state index is 11.8. The minimum Gasteiger partial charge on any atom is -0.488 e. The molecule has 2 aromatic rings. The summed E-state index contributed by atoms with van der Waals surface area (Å²) in [4.78, 5) is 16.0. The standard InChI is InChI=1S/C24H31N5O3S/c1-3-17-14-26-24(27-15-17)28-8-4-19(5-9-28)22-13-20-12-21(25-16-23(20)32-22)18-6-10-29(11-7-18)33(2,30)31/h6,12,14-16,19,22H,3-5,7-11,13H2,1-2H3. The van der Waals surface area contributed by atoms with Crippen molar-refractivity contribution >= 4 is 21.5 Å². The molecule has 0 bridgehead atoms. The highest BCUT2D eigenvalue weighted by molar-refractivity contribution is 7.88. The van der Waals surface area contributed by atoms with Crippen LogP contribution in [0.15, 0.2) is 30.7 Å². The predicted octanol–water partition coefficient (Wildman–Crippen LogP) is 2.70. The first-order chi connectivity index (χ1) is 15.9. The van der Waals surface area contributed by atoms with Crippen LogP contribution < -0.4 is 9.64 Å². The first kappa shape index (κ1) is 22.3. The van der Waals surface area contributed by atoms with Gasteiger partial charge < -0.3 is 9.64 Å².